The highest BCUT2D eigenvalue weighted by molar-refractivity contribution is 5.72. The fourth-order valence-corrected chi connectivity index (χ4v) is 0.964. The van der Waals surface area contributed by atoms with Crippen LogP contribution < -0.4 is 4.90 Å². The number of carbonyl (C=O) groups is 1. The summed E-state index contributed by atoms with van der Waals surface area (Å²) in [6.07, 6.45) is -3.63. The Morgan fingerprint density at radius 2 is 2.19 bits per heavy atom. The van der Waals surface area contributed by atoms with Crippen molar-refractivity contribution in [2.75, 3.05) is 18.5 Å². The standard InChI is InChI=1S/C8H8F3N3O2/c1-14(4-6(15)16)7-12-3-2-5(13-7)8(9,10)11/h2-3H,4H2,1H3,(H,15,16). The summed E-state index contributed by atoms with van der Waals surface area (Å²) in [5, 5.41) is 8.45. The van der Waals surface area contributed by atoms with Crippen LogP contribution >= 0.6 is 0 Å². The van der Waals surface area contributed by atoms with Crippen molar-refractivity contribution in [1.29, 1.82) is 0 Å². The van der Waals surface area contributed by atoms with Crippen molar-refractivity contribution in [2.24, 2.45) is 0 Å². The lowest BCUT2D eigenvalue weighted by Crippen LogP contribution is -2.27. The second kappa shape index (κ2) is 4.33. The Bertz CT molecular complexity index is 394. The zero-order chi connectivity index (χ0) is 12.3. The molecule has 0 saturated carbocycles. The molecule has 0 aliphatic rings. The van der Waals surface area contributed by atoms with Crippen LogP contribution in [0.15, 0.2) is 12.3 Å². The Kier molecular flexibility index (Phi) is 3.31. The zero-order valence-corrected chi connectivity index (χ0v) is 8.19. The third-order valence-corrected chi connectivity index (χ3v) is 1.65. The summed E-state index contributed by atoms with van der Waals surface area (Å²) >= 11 is 0. The fraction of sp³-hybridized carbons (Fsp3) is 0.375. The summed E-state index contributed by atoms with van der Waals surface area (Å²) in [5.41, 5.74) is -1.10. The van der Waals surface area contributed by atoms with Crippen molar-refractivity contribution in [3.63, 3.8) is 0 Å². The molecular weight excluding hydrogens is 227 g/mol. The van der Waals surface area contributed by atoms with Crippen LogP contribution in [0.1, 0.15) is 5.69 Å². The molecule has 1 aromatic rings. The van der Waals surface area contributed by atoms with Gasteiger partial charge in [0.05, 0.1) is 0 Å². The number of aromatic nitrogens is 2. The molecule has 1 aromatic heterocycles. The number of hydrogen-bond acceptors (Lipinski definition) is 4. The Labute approximate surface area is 88.5 Å². The number of aliphatic carboxylic acids is 1. The van der Waals surface area contributed by atoms with E-state index in [2.05, 4.69) is 9.97 Å². The molecule has 0 aliphatic heterocycles. The quantitative estimate of drug-likeness (QED) is 0.847. The van der Waals surface area contributed by atoms with E-state index >= 15 is 0 Å². The second-order valence-corrected chi connectivity index (χ2v) is 2.99. The van der Waals surface area contributed by atoms with Gasteiger partial charge in [-0.15, -0.1) is 0 Å². The van der Waals surface area contributed by atoms with Gasteiger partial charge in [-0.05, 0) is 6.07 Å². The van der Waals surface area contributed by atoms with Crippen LogP contribution in [0.4, 0.5) is 19.1 Å². The van der Waals surface area contributed by atoms with E-state index in [1.807, 2.05) is 0 Å². The van der Waals surface area contributed by atoms with E-state index in [4.69, 9.17) is 5.11 Å². The Hall–Kier alpha value is -1.86. The van der Waals surface area contributed by atoms with E-state index in [1.54, 1.807) is 0 Å². The number of carboxylic acid groups (broad SMARTS) is 1. The van der Waals surface area contributed by atoms with E-state index < -0.39 is 24.4 Å². The number of halogens is 3. The third kappa shape index (κ3) is 3.07. The summed E-state index contributed by atoms with van der Waals surface area (Å²) in [6.45, 7) is -0.471. The van der Waals surface area contributed by atoms with Gasteiger partial charge in [0, 0.05) is 13.2 Å². The van der Waals surface area contributed by atoms with E-state index in [9.17, 15) is 18.0 Å². The molecule has 0 bridgehead atoms. The van der Waals surface area contributed by atoms with Crippen LogP contribution in [-0.4, -0.2) is 34.6 Å². The number of nitrogens with zero attached hydrogens (tertiary/aromatic N) is 3. The maximum absolute atomic E-state index is 12.3. The molecule has 1 N–H and O–H groups in total. The molecule has 0 aliphatic carbocycles. The van der Waals surface area contributed by atoms with Gasteiger partial charge in [0.2, 0.25) is 5.95 Å². The van der Waals surface area contributed by atoms with E-state index in [-0.39, 0.29) is 5.95 Å². The largest absolute Gasteiger partial charge is 0.480 e. The summed E-state index contributed by atoms with van der Waals surface area (Å²) < 4.78 is 36.8. The van der Waals surface area contributed by atoms with Crippen LogP contribution in [0.25, 0.3) is 0 Å². The molecule has 0 radical (unpaired) electrons. The first-order valence-corrected chi connectivity index (χ1v) is 4.14. The highest BCUT2D eigenvalue weighted by atomic mass is 19.4. The average Bonchev–Trinajstić information content (AvgIpc) is 2.15. The van der Waals surface area contributed by atoms with Crippen LogP contribution in [0.3, 0.4) is 0 Å². The Morgan fingerprint density at radius 1 is 1.56 bits per heavy atom. The van der Waals surface area contributed by atoms with Crippen LogP contribution in [0.2, 0.25) is 0 Å². The first kappa shape index (κ1) is 12.2. The first-order valence-electron chi connectivity index (χ1n) is 4.14. The van der Waals surface area contributed by atoms with Crippen LogP contribution in [-0.2, 0) is 11.0 Å². The SMILES string of the molecule is CN(CC(=O)O)c1nccc(C(F)(F)F)n1. The van der Waals surface area contributed by atoms with Crippen molar-refractivity contribution < 1.29 is 23.1 Å². The van der Waals surface area contributed by atoms with Crippen molar-refractivity contribution >= 4 is 11.9 Å². The number of alkyl halides is 3. The Balaban J connectivity index is 2.94. The van der Waals surface area contributed by atoms with Gasteiger partial charge in [-0.3, -0.25) is 4.79 Å². The van der Waals surface area contributed by atoms with Gasteiger partial charge in [0.25, 0.3) is 0 Å². The van der Waals surface area contributed by atoms with Gasteiger partial charge in [-0.1, -0.05) is 0 Å². The molecule has 0 spiro atoms. The predicted octanol–water partition coefficient (Wildman–Crippen LogP) is 1.02. The Morgan fingerprint density at radius 3 is 2.69 bits per heavy atom. The lowest BCUT2D eigenvalue weighted by Gasteiger charge is -2.15. The van der Waals surface area contributed by atoms with E-state index in [0.717, 1.165) is 17.2 Å². The van der Waals surface area contributed by atoms with Gasteiger partial charge < -0.3 is 10.0 Å². The molecule has 0 aromatic carbocycles. The van der Waals surface area contributed by atoms with Crippen molar-refractivity contribution in [1.82, 2.24) is 9.97 Å². The molecular formula is C8H8F3N3O2. The molecule has 16 heavy (non-hydrogen) atoms. The summed E-state index contributed by atoms with van der Waals surface area (Å²) in [7, 11) is 1.30. The molecule has 0 saturated heterocycles. The maximum Gasteiger partial charge on any atom is 0.433 e. The topological polar surface area (TPSA) is 66.3 Å². The monoisotopic (exact) mass is 235 g/mol. The fourth-order valence-electron chi connectivity index (χ4n) is 0.964. The second-order valence-electron chi connectivity index (χ2n) is 2.99. The summed E-state index contributed by atoms with van der Waals surface area (Å²) in [5.74, 6) is -1.46. The van der Waals surface area contributed by atoms with Crippen molar-refractivity contribution in [3.8, 4) is 0 Å². The molecule has 8 heteroatoms. The van der Waals surface area contributed by atoms with Gasteiger partial charge in [0.1, 0.15) is 12.2 Å². The van der Waals surface area contributed by atoms with Crippen LogP contribution in [0, 0.1) is 0 Å². The number of hydrogen-bond donors (Lipinski definition) is 1. The molecule has 0 atom stereocenters. The van der Waals surface area contributed by atoms with Crippen LogP contribution in [0.5, 0.6) is 0 Å². The number of likely N-dealkylation sites (N-methyl/N-ethyl adjacent to an activating group) is 1. The van der Waals surface area contributed by atoms with Gasteiger partial charge >= 0.3 is 12.1 Å². The minimum absolute atomic E-state index is 0.280. The predicted molar refractivity (Wildman–Crippen MR) is 47.9 cm³/mol. The van der Waals surface area contributed by atoms with Gasteiger partial charge in [0.15, 0.2) is 0 Å². The number of carboxylic acids is 1. The summed E-state index contributed by atoms with van der Waals surface area (Å²) in [4.78, 5) is 18.1. The molecule has 0 amide bonds. The molecule has 0 unspecified atom stereocenters. The van der Waals surface area contributed by atoms with Gasteiger partial charge in [-0.2, -0.15) is 13.2 Å². The normalized spacial score (nSPS) is 11.2. The van der Waals surface area contributed by atoms with Crippen molar-refractivity contribution in [3.05, 3.63) is 18.0 Å². The minimum Gasteiger partial charge on any atom is -0.480 e. The third-order valence-electron chi connectivity index (χ3n) is 1.65. The highest BCUT2D eigenvalue weighted by Crippen LogP contribution is 2.27. The molecule has 1 rings (SSSR count). The van der Waals surface area contributed by atoms with Crippen molar-refractivity contribution in [2.45, 2.75) is 6.18 Å². The smallest absolute Gasteiger partial charge is 0.433 e. The lowest BCUT2D eigenvalue weighted by atomic mass is 10.4. The zero-order valence-electron chi connectivity index (χ0n) is 8.19. The molecule has 1 heterocycles. The molecule has 0 fully saturated rings. The highest BCUT2D eigenvalue weighted by Gasteiger charge is 2.33. The number of anilines is 1. The maximum atomic E-state index is 12.3. The van der Waals surface area contributed by atoms with E-state index in [0.29, 0.717) is 0 Å². The average molecular weight is 235 g/mol. The summed E-state index contributed by atoms with van der Waals surface area (Å²) in [6, 6.07) is 0.720. The molecule has 88 valence electrons. The number of rotatable bonds is 3. The first-order chi connectivity index (χ1) is 7.30. The lowest BCUT2D eigenvalue weighted by molar-refractivity contribution is -0.141. The minimum atomic E-state index is -4.57. The van der Waals surface area contributed by atoms with Gasteiger partial charge in [-0.25, -0.2) is 9.97 Å². The van der Waals surface area contributed by atoms with E-state index in [1.165, 1.54) is 7.05 Å². The molecule has 5 nitrogen and oxygen atoms in total.